The maximum atomic E-state index is 12.1. The van der Waals surface area contributed by atoms with Crippen LogP contribution >= 0.6 is 32.3 Å². The number of rotatable bonds is 5. The number of aromatic nitrogens is 1. The van der Waals surface area contributed by atoms with Gasteiger partial charge in [0.2, 0.25) is 0 Å². The van der Waals surface area contributed by atoms with Crippen molar-refractivity contribution in [2.24, 2.45) is 0 Å². The fraction of sp³-hybridized carbons (Fsp3) is 0.158. The summed E-state index contributed by atoms with van der Waals surface area (Å²) in [5, 5.41) is 8.23. The monoisotopic (exact) mass is 512 g/mol. The van der Waals surface area contributed by atoms with Gasteiger partial charge in [-0.1, -0.05) is 17.7 Å². The van der Waals surface area contributed by atoms with E-state index in [2.05, 4.69) is 24.9 Å². The lowest BCUT2D eigenvalue weighted by Gasteiger charge is -2.12. The molecule has 0 aliphatic carbocycles. The number of carbonyl (C=O) groups is 2. The summed E-state index contributed by atoms with van der Waals surface area (Å²) in [5.74, 6) is 0.431. The van der Waals surface area contributed by atoms with E-state index in [-0.39, 0.29) is 37.5 Å². The number of alkyl halides is 1. The molecule has 28 heavy (non-hydrogen) atoms. The summed E-state index contributed by atoms with van der Waals surface area (Å²) in [7, 11) is 1.50. The molecule has 1 aliphatic rings. The predicted molar refractivity (Wildman–Crippen MR) is 119 cm³/mol. The SMILES string of the molecule is CNC(=O)c1nccc(Oc2ccc(NC(=O)NC3=CCCI=C3)cc2)c1Cl. The highest BCUT2D eigenvalue weighted by Crippen LogP contribution is 2.31. The summed E-state index contributed by atoms with van der Waals surface area (Å²) in [6, 6.07) is 8.12. The molecule has 0 saturated carbocycles. The summed E-state index contributed by atoms with van der Waals surface area (Å²) >= 11 is 6.25. The Morgan fingerprint density at radius 1 is 1.18 bits per heavy atom. The molecule has 0 radical (unpaired) electrons. The van der Waals surface area contributed by atoms with Crippen LogP contribution in [-0.4, -0.2) is 32.4 Å². The lowest BCUT2D eigenvalue weighted by atomic mass is 10.3. The minimum atomic E-state index is -0.395. The number of pyridine rings is 1. The topological polar surface area (TPSA) is 92.3 Å². The predicted octanol–water partition coefficient (Wildman–Crippen LogP) is 4.07. The minimum Gasteiger partial charge on any atom is -0.456 e. The molecule has 0 atom stereocenters. The maximum absolute atomic E-state index is 12.1. The number of urea groups is 1. The number of hydrogen-bond acceptors (Lipinski definition) is 4. The Morgan fingerprint density at radius 2 is 1.96 bits per heavy atom. The van der Waals surface area contributed by atoms with Crippen molar-refractivity contribution in [1.82, 2.24) is 15.6 Å². The molecule has 9 heteroatoms. The highest BCUT2D eigenvalue weighted by molar-refractivity contribution is 14.2. The average molecular weight is 513 g/mol. The zero-order valence-electron chi connectivity index (χ0n) is 15.0. The van der Waals surface area contributed by atoms with Crippen molar-refractivity contribution >= 4 is 54.0 Å². The van der Waals surface area contributed by atoms with E-state index in [0.717, 1.165) is 12.1 Å². The first kappa shape index (κ1) is 20.3. The first-order valence-corrected chi connectivity index (χ1v) is 11.6. The Hall–Kier alpha value is -2.46. The van der Waals surface area contributed by atoms with Crippen LogP contribution in [0.15, 0.2) is 48.3 Å². The van der Waals surface area contributed by atoms with Crippen LogP contribution in [0.3, 0.4) is 0 Å². The van der Waals surface area contributed by atoms with Gasteiger partial charge in [0.25, 0.3) is 5.91 Å². The second-order valence-electron chi connectivity index (χ2n) is 5.66. The lowest BCUT2D eigenvalue weighted by molar-refractivity contribution is 0.0958. The van der Waals surface area contributed by atoms with Gasteiger partial charge in [-0.3, -0.25) is 4.79 Å². The van der Waals surface area contributed by atoms with Crippen molar-refractivity contribution in [2.75, 3.05) is 16.8 Å². The molecular weight excluding hydrogens is 495 g/mol. The smallest absolute Gasteiger partial charge is 0.323 e. The fourth-order valence-corrected chi connectivity index (χ4v) is 4.44. The zero-order valence-corrected chi connectivity index (χ0v) is 17.9. The van der Waals surface area contributed by atoms with Gasteiger partial charge in [0.1, 0.15) is 22.2 Å². The van der Waals surface area contributed by atoms with Crippen molar-refractivity contribution in [2.45, 2.75) is 6.42 Å². The third-order valence-electron chi connectivity index (χ3n) is 3.67. The molecule has 3 N–H and O–H groups in total. The van der Waals surface area contributed by atoms with E-state index in [9.17, 15) is 9.59 Å². The van der Waals surface area contributed by atoms with Gasteiger partial charge in [-0.15, -0.1) is 20.7 Å². The first-order chi connectivity index (χ1) is 13.6. The lowest BCUT2D eigenvalue weighted by Crippen LogP contribution is -2.28. The van der Waals surface area contributed by atoms with Gasteiger partial charge in [-0.25, -0.2) is 9.78 Å². The molecule has 0 spiro atoms. The van der Waals surface area contributed by atoms with E-state index in [4.69, 9.17) is 16.3 Å². The molecule has 7 nitrogen and oxygen atoms in total. The second-order valence-corrected chi connectivity index (χ2v) is 8.62. The zero-order chi connectivity index (χ0) is 19.9. The number of nitrogens with one attached hydrogen (secondary N) is 3. The highest BCUT2D eigenvalue weighted by atomic mass is 127. The Labute approximate surface area is 177 Å². The second kappa shape index (κ2) is 9.65. The summed E-state index contributed by atoms with van der Waals surface area (Å²) in [5.41, 5.74) is 1.60. The van der Waals surface area contributed by atoms with Crippen molar-refractivity contribution in [3.05, 3.63) is 59.0 Å². The quantitative estimate of drug-likeness (QED) is 0.416. The Balaban J connectivity index is 1.63. The minimum absolute atomic E-state index is 0.0493. The number of halogens is 2. The molecule has 1 aromatic carbocycles. The van der Waals surface area contributed by atoms with Crippen LogP contribution in [0.25, 0.3) is 0 Å². The maximum Gasteiger partial charge on any atom is 0.323 e. The fourth-order valence-electron chi connectivity index (χ4n) is 2.34. The number of allylic oxidation sites excluding steroid dienone is 2. The van der Waals surface area contributed by atoms with Crippen LogP contribution in [0.5, 0.6) is 11.5 Å². The molecule has 146 valence electrons. The van der Waals surface area contributed by atoms with Crippen LogP contribution in [0.4, 0.5) is 10.5 Å². The van der Waals surface area contributed by atoms with Crippen LogP contribution < -0.4 is 20.7 Å². The van der Waals surface area contributed by atoms with Gasteiger partial charge >= 0.3 is 6.03 Å². The molecule has 0 fully saturated rings. The van der Waals surface area contributed by atoms with Crippen LogP contribution in [0.1, 0.15) is 16.9 Å². The summed E-state index contributed by atoms with van der Waals surface area (Å²) in [6.45, 7) is 0. The highest BCUT2D eigenvalue weighted by Gasteiger charge is 2.15. The number of hydrogen-bond donors (Lipinski definition) is 3. The summed E-state index contributed by atoms with van der Waals surface area (Å²) < 4.78 is 9.07. The van der Waals surface area contributed by atoms with E-state index < -0.39 is 5.91 Å². The standard InChI is InChI=1S/C19H18ClIN4O3/c1-22-18(26)17-16(20)15(8-10-23-17)28-14-6-4-12(5-7-14)24-19(27)25-13-3-2-9-21-11-13/h3-8,10-11H,2,9H2,1H3,(H,22,26)(H2,24,25,27). The van der Waals surface area contributed by atoms with Crippen molar-refractivity contribution in [3.63, 3.8) is 0 Å². The summed E-state index contributed by atoms with van der Waals surface area (Å²) in [6.07, 6.45) is 4.50. The molecule has 0 unspecified atom stereocenters. The molecule has 0 bridgehead atoms. The first-order valence-electron chi connectivity index (χ1n) is 8.40. The van der Waals surface area contributed by atoms with Gasteiger partial charge in [-0.2, -0.15) is 0 Å². The molecule has 3 rings (SSSR count). The Morgan fingerprint density at radius 3 is 2.64 bits per heavy atom. The number of carbonyl (C=O) groups excluding carboxylic acids is 2. The number of benzene rings is 1. The van der Waals surface area contributed by atoms with Crippen LogP contribution in [0, 0.1) is 0 Å². The molecule has 3 amide bonds. The number of ether oxygens (including phenoxy) is 1. The largest absolute Gasteiger partial charge is 0.456 e. The molecule has 1 aromatic heterocycles. The molecule has 1 aliphatic heterocycles. The summed E-state index contributed by atoms with van der Waals surface area (Å²) in [4.78, 5) is 27.8. The van der Waals surface area contributed by atoms with E-state index in [1.165, 1.54) is 17.7 Å². The van der Waals surface area contributed by atoms with Gasteiger partial charge in [-0.05, 0) is 39.1 Å². The molecule has 0 saturated heterocycles. The van der Waals surface area contributed by atoms with Gasteiger partial charge < -0.3 is 20.7 Å². The third-order valence-corrected chi connectivity index (χ3v) is 6.39. The third kappa shape index (κ3) is 5.29. The van der Waals surface area contributed by atoms with E-state index >= 15 is 0 Å². The van der Waals surface area contributed by atoms with Crippen LogP contribution in [-0.2, 0) is 0 Å². The van der Waals surface area contributed by atoms with Gasteiger partial charge in [0.15, 0.2) is 0 Å². The van der Waals surface area contributed by atoms with Crippen molar-refractivity contribution < 1.29 is 14.3 Å². The van der Waals surface area contributed by atoms with Gasteiger partial charge in [0, 0.05) is 30.7 Å². The normalized spacial score (nSPS) is 13.0. The average Bonchev–Trinajstić information content (AvgIpc) is 2.71. The van der Waals surface area contributed by atoms with Crippen molar-refractivity contribution in [1.29, 1.82) is 0 Å². The Bertz CT molecular complexity index is 945. The van der Waals surface area contributed by atoms with Gasteiger partial charge in [0.05, 0.1) is 0 Å². The number of amides is 3. The van der Waals surface area contributed by atoms with E-state index in [0.29, 0.717) is 17.2 Å². The number of anilines is 1. The van der Waals surface area contributed by atoms with E-state index in [1.54, 1.807) is 30.3 Å². The molecular formula is C19H18ClIN4O3. The molecule has 2 aromatic rings. The van der Waals surface area contributed by atoms with Crippen LogP contribution in [0.2, 0.25) is 5.02 Å². The van der Waals surface area contributed by atoms with E-state index in [1.807, 2.05) is 6.08 Å². The van der Waals surface area contributed by atoms with Crippen molar-refractivity contribution in [3.8, 4) is 11.5 Å². The number of nitrogens with zero attached hydrogens (tertiary/aromatic N) is 1. The Kier molecular flexibility index (Phi) is 6.99. The molecule has 2 heterocycles.